The van der Waals surface area contributed by atoms with Crippen molar-refractivity contribution in [2.75, 3.05) is 12.9 Å². The maximum atomic E-state index is 10.6. The summed E-state index contributed by atoms with van der Waals surface area (Å²) in [5.74, 6) is -0.208. The summed E-state index contributed by atoms with van der Waals surface area (Å²) in [5, 5.41) is 0. The van der Waals surface area contributed by atoms with E-state index in [1.165, 1.54) is 25.7 Å². The van der Waals surface area contributed by atoms with E-state index in [1.807, 2.05) is 0 Å². The van der Waals surface area contributed by atoms with Gasteiger partial charge < -0.3 is 6.16 Å². The summed E-state index contributed by atoms with van der Waals surface area (Å²) in [6.45, 7) is 2.17. The first-order valence-corrected chi connectivity index (χ1v) is 7.58. The summed E-state index contributed by atoms with van der Waals surface area (Å²) >= 11 is 0. The van der Waals surface area contributed by atoms with Gasteiger partial charge in [-0.3, -0.25) is 4.55 Å². The van der Waals surface area contributed by atoms with E-state index in [9.17, 15) is 8.42 Å². The number of ether oxygens (including phenoxy) is 1. The minimum absolute atomic E-state index is 0. The van der Waals surface area contributed by atoms with E-state index in [2.05, 4.69) is 6.92 Å². The van der Waals surface area contributed by atoms with Gasteiger partial charge in [0.1, 0.15) is 0 Å². The zero-order chi connectivity index (χ0) is 12.4. The van der Waals surface area contributed by atoms with E-state index in [4.69, 9.17) is 9.29 Å². The fourth-order valence-corrected chi connectivity index (χ4v) is 2.20. The standard InChI is InChI=1S/C11H24O4S.K.H/c1-3-4-5-6-7-8-11(15-2)9-10-16(12,13)14;;/h11H,3-10H2,1-2H3,(H,12,13,14);;/q;+1;-1. The molecule has 0 rings (SSSR count). The number of hydrogen-bond donors (Lipinski definition) is 1. The molecule has 0 bridgehead atoms. The molecule has 0 aromatic rings. The monoisotopic (exact) mass is 292 g/mol. The average Bonchev–Trinajstić information content (AvgIpc) is 2.21. The van der Waals surface area contributed by atoms with Crippen LogP contribution in [0.15, 0.2) is 0 Å². The Morgan fingerprint density at radius 2 is 1.76 bits per heavy atom. The second kappa shape index (κ2) is 12.5. The summed E-state index contributed by atoms with van der Waals surface area (Å²) in [5.41, 5.74) is 0. The molecule has 0 aromatic heterocycles. The van der Waals surface area contributed by atoms with Crippen molar-refractivity contribution < 1.29 is 70.5 Å². The zero-order valence-corrected chi connectivity index (χ0v) is 15.3. The predicted molar refractivity (Wildman–Crippen MR) is 66.3 cm³/mol. The molecule has 0 amide bonds. The molecule has 0 aliphatic rings. The largest absolute Gasteiger partial charge is 1.00 e. The molecular formula is C11H25KO4S. The first-order chi connectivity index (χ1) is 7.49. The Bertz CT molecular complexity index is 260. The van der Waals surface area contributed by atoms with Crippen molar-refractivity contribution in [2.24, 2.45) is 0 Å². The van der Waals surface area contributed by atoms with Crippen LogP contribution in [0, 0.1) is 0 Å². The summed E-state index contributed by atoms with van der Waals surface area (Å²) in [6, 6.07) is 0. The Kier molecular flexibility index (Phi) is 15.3. The van der Waals surface area contributed by atoms with Crippen LogP contribution in [-0.2, 0) is 14.9 Å². The molecule has 0 fully saturated rings. The van der Waals surface area contributed by atoms with Gasteiger partial charge >= 0.3 is 51.4 Å². The fraction of sp³-hybridized carbons (Fsp3) is 1.00. The van der Waals surface area contributed by atoms with Crippen molar-refractivity contribution in [1.82, 2.24) is 0 Å². The van der Waals surface area contributed by atoms with Gasteiger partial charge in [0.2, 0.25) is 0 Å². The third kappa shape index (κ3) is 15.4. The van der Waals surface area contributed by atoms with Crippen LogP contribution in [0.25, 0.3) is 0 Å². The van der Waals surface area contributed by atoms with Gasteiger partial charge in [-0.1, -0.05) is 39.0 Å². The quantitative estimate of drug-likeness (QED) is 0.343. The smallest absolute Gasteiger partial charge is 1.00 e. The van der Waals surface area contributed by atoms with Gasteiger partial charge in [-0.25, -0.2) is 0 Å². The van der Waals surface area contributed by atoms with E-state index in [0.717, 1.165) is 12.8 Å². The van der Waals surface area contributed by atoms with E-state index in [-0.39, 0.29) is 64.7 Å². The molecule has 1 atom stereocenters. The molecule has 0 aromatic carbocycles. The Labute approximate surface area is 150 Å². The van der Waals surface area contributed by atoms with Gasteiger partial charge in [0, 0.05) is 7.11 Å². The number of unbranched alkanes of at least 4 members (excludes halogenated alkanes) is 4. The van der Waals surface area contributed by atoms with E-state index in [1.54, 1.807) is 7.11 Å². The van der Waals surface area contributed by atoms with Crippen molar-refractivity contribution >= 4 is 10.1 Å². The Balaban J connectivity index is -0.00000112. The molecule has 0 saturated heterocycles. The Hall–Kier alpha value is 1.51. The van der Waals surface area contributed by atoms with Crippen molar-refractivity contribution in [3.63, 3.8) is 0 Å². The van der Waals surface area contributed by atoms with Crippen LogP contribution in [0.2, 0.25) is 0 Å². The van der Waals surface area contributed by atoms with Crippen LogP contribution in [-0.4, -0.2) is 31.9 Å². The summed E-state index contributed by atoms with van der Waals surface area (Å²) in [7, 11) is -2.26. The fourth-order valence-electron chi connectivity index (χ4n) is 1.64. The molecular weight excluding hydrogens is 267 g/mol. The first kappa shape index (κ1) is 20.8. The predicted octanol–water partition coefficient (Wildman–Crippen LogP) is -0.244. The van der Waals surface area contributed by atoms with Crippen molar-refractivity contribution in [2.45, 2.75) is 58.0 Å². The van der Waals surface area contributed by atoms with Crippen LogP contribution in [0.4, 0.5) is 0 Å². The number of rotatable bonds is 10. The van der Waals surface area contributed by atoms with Gasteiger partial charge in [-0.05, 0) is 12.8 Å². The molecule has 0 aliphatic heterocycles. The number of hydrogen-bond acceptors (Lipinski definition) is 3. The van der Waals surface area contributed by atoms with Crippen LogP contribution in [0.5, 0.6) is 0 Å². The minimum Gasteiger partial charge on any atom is -1.00 e. The maximum Gasteiger partial charge on any atom is 1.00 e. The maximum absolute atomic E-state index is 10.6. The second-order valence-electron chi connectivity index (χ2n) is 4.14. The van der Waals surface area contributed by atoms with Crippen molar-refractivity contribution in [3.05, 3.63) is 0 Å². The first-order valence-electron chi connectivity index (χ1n) is 5.97. The van der Waals surface area contributed by atoms with E-state index in [0.29, 0.717) is 6.42 Å². The van der Waals surface area contributed by atoms with Gasteiger partial charge in [0.25, 0.3) is 10.1 Å². The second-order valence-corrected chi connectivity index (χ2v) is 5.71. The topological polar surface area (TPSA) is 63.6 Å². The van der Waals surface area contributed by atoms with Gasteiger partial charge in [0.15, 0.2) is 0 Å². The van der Waals surface area contributed by atoms with E-state index < -0.39 is 10.1 Å². The Morgan fingerprint density at radius 1 is 1.18 bits per heavy atom. The van der Waals surface area contributed by atoms with Crippen LogP contribution >= 0.6 is 0 Å². The normalized spacial score (nSPS) is 13.1. The third-order valence-electron chi connectivity index (χ3n) is 2.66. The van der Waals surface area contributed by atoms with Crippen LogP contribution < -0.4 is 51.4 Å². The molecule has 4 nitrogen and oxygen atoms in total. The molecule has 0 heterocycles. The van der Waals surface area contributed by atoms with E-state index >= 15 is 0 Å². The van der Waals surface area contributed by atoms with Crippen molar-refractivity contribution in [1.29, 1.82) is 0 Å². The molecule has 1 N–H and O–H groups in total. The third-order valence-corrected chi connectivity index (χ3v) is 3.41. The average molecular weight is 292 g/mol. The minimum atomic E-state index is -3.85. The molecule has 100 valence electrons. The molecule has 0 spiro atoms. The molecule has 0 aliphatic carbocycles. The SMILES string of the molecule is CCCCCCCC(CCS(=O)(=O)O)OC.[H-].[K+]. The van der Waals surface area contributed by atoms with Crippen LogP contribution in [0.3, 0.4) is 0 Å². The summed E-state index contributed by atoms with van der Waals surface area (Å²) < 4.78 is 34.9. The Morgan fingerprint density at radius 3 is 2.24 bits per heavy atom. The molecule has 6 heteroatoms. The summed E-state index contributed by atoms with van der Waals surface area (Å²) in [6.07, 6.45) is 7.12. The van der Waals surface area contributed by atoms with Gasteiger partial charge in [0.05, 0.1) is 11.9 Å². The molecule has 0 saturated carbocycles. The van der Waals surface area contributed by atoms with Crippen LogP contribution in [0.1, 0.15) is 53.3 Å². The van der Waals surface area contributed by atoms with Crippen molar-refractivity contribution in [3.8, 4) is 0 Å². The zero-order valence-electron chi connectivity index (χ0n) is 12.3. The molecule has 1 unspecified atom stereocenters. The molecule has 0 radical (unpaired) electrons. The van der Waals surface area contributed by atoms with Gasteiger partial charge in [-0.15, -0.1) is 0 Å². The number of methoxy groups -OCH3 is 1. The van der Waals surface area contributed by atoms with Gasteiger partial charge in [-0.2, -0.15) is 8.42 Å². The molecule has 17 heavy (non-hydrogen) atoms. The summed E-state index contributed by atoms with van der Waals surface area (Å²) in [4.78, 5) is 0.